The van der Waals surface area contributed by atoms with Crippen molar-refractivity contribution in [2.75, 3.05) is 5.73 Å². The molecule has 96 valence electrons. The van der Waals surface area contributed by atoms with Gasteiger partial charge in [-0.05, 0) is 29.3 Å². The molecule has 5 heteroatoms. The van der Waals surface area contributed by atoms with Crippen LogP contribution in [-0.2, 0) is 13.1 Å². The summed E-state index contributed by atoms with van der Waals surface area (Å²) in [5.74, 6) is 0.550. The number of hydrogen-bond acceptors (Lipinski definition) is 4. The van der Waals surface area contributed by atoms with Gasteiger partial charge in [-0.15, -0.1) is 0 Å². The van der Waals surface area contributed by atoms with Gasteiger partial charge < -0.3 is 16.0 Å². The summed E-state index contributed by atoms with van der Waals surface area (Å²) >= 11 is 0. The Morgan fingerprint density at radius 1 is 1.16 bits per heavy atom. The molecule has 0 spiro atoms. The lowest BCUT2D eigenvalue weighted by Gasteiger charge is -2.06. The monoisotopic (exact) mass is 253 g/mol. The first kappa shape index (κ1) is 11.7. The highest BCUT2D eigenvalue weighted by atomic mass is 14.9. The number of hydrogen-bond donors (Lipinski definition) is 3. The topological polar surface area (TPSA) is 79.6 Å². The molecule has 3 aromatic rings. The molecular weight excluding hydrogens is 238 g/mol. The second-order valence-corrected chi connectivity index (χ2v) is 4.41. The van der Waals surface area contributed by atoms with Crippen LogP contribution >= 0.6 is 0 Å². The maximum atomic E-state index is 5.65. The second-order valence-electron chi connectivity index (χ2n) is 4.41. The third kappa shape index (κ3) is 2.56. The van der Waals surface area contributed by atoms with E-state index in [-0.39, 0.29) is 0 Å². The standard InChI is InChI=1S/C14H15N5/c15-13-6-10(4-5-17-13)7-16-8-11-2-1-3-12-14(11)19-9-18-12/h1-6,9,16H,7-8H2,(H2,15,17)(H,18,19). The Balaban J connectivity index is 1.68. The van der Waals surface area contributed by atoms with E-state index in [0.717, 1.165) is 29.7 Å². The zero-order chi connectivity index (χ0) is 13.1. The smallest absolute Gasteiger partial charge is 0.123 e. The van der Waals surface area contributed by atoms with Gasteiger partial charge in [-0.1, -0.05) is 12.1 Å². The van der Waals surface area contributed by atoms with Crippen molar-refractivity contribution in [3.63, 3.8) is 0 Å². The first-order valence-corrected chi connectivity index (χ1v) is 6.15. The summed E-state index contributed by atoms with van der Waals surface area (Å²) in [6.07, 6.45) is 3.44. The zero-order valence-corrected chi connectivity index (χ0v) is 10.4. The summed E-state index contributed by atoms with van der Waals surface area (Å²) < 4.78 is 0. The third-order valence-corrected chi connectivity index (χ3v) is 3.02. The predicted octanol–water partition coefficient (Wildman–Crippen LogP) is 1.83. The highest BCUT2D eigenvalue weighted by molar-refractivity contribution is 5.77. The zero-order valence-electron chi connectivity index (χ0n) is 10.4. The fourth-order valence-electron chi connectivity index (χ4n) is 2.12. The molecule has 0 bridgehead atoms. The fourth-order valence-corrected chi connectivity index (χ4v) is 2.12. The van der Waals surface area contributed by atoms with E-state index in [9.17, 15) is 0 Å². The molecule has 0 saturated heterocycles. The molecule has 2 aromatic heterocycles. The van der Waals surface area contributed by atoms with Gasteiger partial charge in [-0.25, -0.2) is 9.97 Å². The van der Waals surface area contributed by atoms with Gasteiger partial charge in [0.1, 0.15) is 5.82 Å². The van der Waals surface area contributed by atoms with Crippen LogP contribution in [0.15, 0.2) is 42.9 Å². The number of rotatable bonds is 4. The number of nitrogen functional groups attached to an aromatic ring is 1. The van der Waals surface area contributed by atoms with Gasteiger partial charge in [-0.3, -0.25) is 0 Å². The Hall–Kier alpha value is -2.40. The third-order valence-electron chi connectivity index (χ3n) is 3.02. The van der Waals surface area contributed by atoms with Crippen LogP contribution in [0, 0.1) is 0 Å². The van der Waals surface area contributed by atoms with Gasteiger partial charge >= 0.3 is 0 Å². The van der Waals surface area contributed by atoms with Crippen molar-refractivity contribution in [1.29, 1.82) is 0 Å². The Bertz CT molecular complexity index is 689. The van der Waals surface area contributed by atoms with Crippen LogP contribution in [0.4, 0.5) is 5.82 Å². The van der Waals surface area contributed by atoms with Crippen molar-refractivity contribution >= 4 is 16.9 Å². The molecule has 2 heterocycles. The summed E-state index contributed by atoms with van der Waals surface area (Å²) in [7, 11) is 0. The summed E-state index contributed by atoms with van der Waals surface area (Å²) in [5.41, 5.74) is 10.0. The van der Waals surface area contributed by atoms with Crippen LogP contribution in [0.25, 0.3) is 11.0 Å². The van der Waals surface area contributed by atoms with E-state index in [4.69, 9.17) is 5.73 Å². The van der Waals surface area contributed by atoms with E-state index in [1.807, 2.05) is 24.3 Å². The number of para-hydroxylation sites is 1. The van der Waals surface area contributed by atoms with E-state index in [1.165, 1.54) is 5.56 Å². The number of aromatic nitrogens is 3. The SMILES string of the molecule is Nc1cc(CNCc2cccc3[nH]cnc23)ccn1. The van der Waals surface area contributed by atoms with Crippen LogP contribution in [0.5, 0.6) is 0 Å². The number of fused-ring (bicyclic) bond motifs is 1. The summed E-state index contributed by atoms with van der Waals surface area (Å²) in [5, 5.41) is 3.39. The molecule has 0 aliphatic rings. The maximum Gasteiger partial charge on any atom is 0.123 e. The quantitative estimate of drug-likeness (QED) is 0.662. The average Bonchev–Trinajstić information content (AvgIpc) is 2.88. The Kier molecular flexibility index (Phi) is 3.12. The fraction of sp³-hybridized carbons (Fsp3) is 0.143. The molecule has 0 fully saturated rings. The van der Waals surface area contributed by atoms with E-state index >= 15 is 0 Å². The lowest BCUT2D eigenvalue weighted by atomic mass is 10.2. The Morgan fingerprint density at radius 3 is 3.00 bits per heavy atom. The van der Waals surface area contributed by atoms with Crippen molar-refractivity contribution in [2.24, 2.45) is 0 Å². The van der Waals surface area contributed by atoms with Crippen molar-refractivity contribution in [1.82, 2.24) is 20.3 Å². The van der Waals surface area contributed by atoms with Crippen molar-refractivity contribution in [3.8, 4) is 0 Å². The highest BCUT2D eigenvalue weighted by Crippen LogP contribution is 2.14. The van der Waals surface area contributed by atoms with Gasteiger partial charge in [0.25, 0.3) is 0 Å². The molecule has 4 N–H and O–H groups in total. The molecule has 0 amide bonds. The largest absolute Gasteiger partial charge is 0.384 e. The van der Waals surface area contributed by atoms with Crippen LogP contribution in [0.3, 0.4) is 0 Å². The number of imidazole rings is 1. The van der Waals surface area contributed by atoms with E-state index in [0.29, 0.717) is 5.82 Å². The molecule has 0 aliphatic carbocycles. The van der Waals surface area contributed by atoms with Crippen molar-refractivity contribution in [2.45, 2.75) is 13.1 Å². The maximum absolute atomic E-state index is 5.65. The summed E-state index contributed by atoms with van der Waals surface area (Å²) in [6, 6.07) is 9.97. The van der Waals surface area contributed by atoms with E-state index < -0.39 is 0 Å². The summed E-state index contributed by atoms with van der Waals surface area (Å²) in [4.78, 5) is 11.4. The molecule has 19 heavy (non-hydrogen) atoms. The molecule has 0 unspecified atom stereocenters. The molecule has 1 aromatic carbocycles. The first-order chi connectivity index (χ1) is 9.33. The number of nitrogens with two attached hydrogens (primary N) is 1. The van der Waals surface area contributed by atoms with Crippen LogP contribution in [0.2, 0.25) is 0 Å². The van der Waals surface area contributed by atoms with Crippen molar-refractivity contribution in [3.05, 3.63) is 54.0 Å². The first-order valence-electron chi connectivity index (χ1n) is 6.15. The van der Waals surface area contributed by atoms with Crippen LogP contribution in [0.1, 0.15) is 11.1 Å². The number of aromatic amines is 1. The molecule has 0 radical (unpaired) electrons. The van der Waals surface area contributed by atoms with Gasteiger partial charge in [0.15, 0.2) is 0 Å². The predicted molar refractivity (Wildman–Crippen MR) is 75.3 cm³/mol. The van der Waals surface area contributed by atoms with Crippen LogP contribution in [-0.4, -0.2) is 15.0 Å². The molecular formula is C14H15N5. The van der Waals surface area contributed by atoms with Gasteiger partial charge in [0.2, 0.25) is 0 Å². The minimum atomic E-state index is 0.550. The number of pyridine rings is 1. The lowest BCUT2D eigenvalue weighted by molar-refractivity contribution is 0.695. The Morgan fingerprint density at radius 2 is 2.11 bits per heavy atom. The lowest BCUT2D eigenvalue weighted by Crippen LogP contribution is -2.13. The van der Waals surface area contributed by atoms with Gasteiger partial charge in [0.05, 0.1) is 17.4 Å². The number of H-pyrrole nitrogens is 1. The molecule has 3 rings (SSSR count). The van der Waals surface area contributed by atoms with E-state index in [1.54, 1.807) is 12.5 Å². The van der Waals surface area contributed by atoms with Crippen LogP contribution < -0.4 is 11.1 Å². The van der Waals surface area contributed by atoms with Gasteiger partial charge in [-0.2, -0.15) is 0 Å². The minimum absolute atomic E-state index is 0.550. The minimum Gasteiger partial charge on any atom is -0.384 e. The number of nitrogens with zero attached hydrogens (tertiary/aromatic N) is 2. The van der Waals surface area contributed by atoms with Gasteiger partial charge in [0, 0.05) is 19.3 Å². The highest BCUT2D eigenvalue weighted by Gasteiger charge is 2.02. The summed E-state index contributed by atoms with van der Waals surface area (Å²) in [6.45, 7) is 1.53. The number of benzene rings is 1. The number of anilines is 1. The normalized spacial score (nSPS) is 10.9. The average molecular weight is 253 g/mol. The van der Waals surface area contributed by atoms with Crippen molar-refractivity contribution < 1.29 is 0 Å². The molecule has 0 atom stereocenters. The molecule has 0 saturated carbocycles. The molecule has 5 nitrogen and oxygen atoms in total. The second kappa shape index (κ2) is 5.07. The number of nitrogens with one attached hydrogen (secondary N) is 2. The Labute approximate surface area is 110 Å². The van der Waals surface area contributed by atoms with E-state index in [2.05, 4.69) is 26.3 Å². The molecule has 0 aliphatic heterocycles.